The number of benzene rings is 1. The third-order valence-electron chi connectivity index (χ3n) is 2.98. The molecule has 0 spiro atoms. The topological polar surface area (TPSA) is 12.0 Å². The first kappa shape index (κ1) is 12.5. The van der Waals surface area contributed by atoms with Crippen LogP contribution >= 0.6 is 27.7 Å². The molecule has 1 aliphatic rings. The molecule has 88 valence electrons. The van der Waals surface area contributed by atoms with Crippen LogP contribution in [0.2, 0.25) is 0 Å². The van der Waals surface area contributed by atoms with E-state index in [1.807, 2.05) is 0 Å². The maximum atomic E-state index is 3.62. The average molecular weight is 300 g/mol. The molecule has 2 rings (SSSR count). The van der Waals surface area contributed by atoms with Crippen molar-refractivity contribution < 1.29 is 0 Å². The maximum Gasteiger partial charge on any atom is 0.0222 e. The molecule has 1 saturated heterocycles. The molecule has 1 aromatic carbocycles. The molecule has 0 radical (unpaired) electrons. The molecule has 1 fully saturated rings. The highest BCUT2D eigenvalue weighted by Crippen LogP contribution is 2.23. The van der Waals surface area contributed by atoms with E-state index in [-0.39, 0.29) is 0 Å². The lowest BCUT2D eigenvalue weighted by molar-refractivity contribution is 0.523. The minimum absolute atomic E-state index is 0.884. The van der Waals surface area contributed by atoms with Gasteiger partial charge in [-0.1, -0.05) is 28.1 Å². The van der Waals surface area contributed by atoms with Crippen molar-refractivity contribution in [3.8, 4) is 0 Å². The quantitative estimate of drug-likeness (QED) is 0.912. The summed E-state index contributed by atoms with van der Waals surface area (Å²) in [7, 11) is 0. The summed E-state index contributed by atoms with van der Waals surface area (Å²) in [5, 5.41) is 3.56. The van der Waals surface area contributed by atoms with Crippen molar-refractivity contribution in [1.29, 1.82) is 0 Å². The molecular formula is C13H18BrNS. The second-order valence-electron chi connectivity index (χ2n) is 4.46. The summed E-state index contributed by atoms with van der Waals surface area (Å²) in [6.07, 6.45) is 1.38. The van der Waals surface area contributed by atoms with Gasteiger partial charge in [0.25, 0.3) is 0 Å². The van der Waals surface area contributed by atoms with Crippen molar-refractivity contribution >= 4 is 27.7 Å². The van der Waals surface area contributed by atoms with Crippen LogP contribution in [0, 0.1) is 12.8 Å². The third kappa shape index (κ3) is 3.51. The molecule has 0 bridgehead atoms. The number of halogens is 1. The van der Waals surface area contributed by atoms with Crippen molar-refractivity contribution in [2.75, 3.05) is 18.1 Å². The van der Waals surface area contributed by atoms with Gasteiger partial charge in [0.1, 0.15) is 0 Å². The van der Waals surface area contributed by atoms with E-state index in [0.29, 0.717) is 0 Å². The van der Waals surface area contributed by atoms with Crippen molar-refractivity contribution in [3.63, 3.8) is 0 Å². The largest absolute Gasteiger partial charge is 0.312 e. The standard InChI is InChI=1S/C13H18BrNS/c1-10-2-3-12(13(14)6-10)8-15-7-11-4-5-16-9-11/h2-3,6,11,15H,4-5,7-9H2,1H3. The monoisotopic (exact) mass is 299 g/mol. The molecule has 1 unspecified atom stereocenters. The summed E-state index contributed by atoms with van der Waals surface area (Å²) >= 11 is 5.70. The molecule has 1 aliphatic heterocycles. The molecule has 0 saturated carbocycles. The van der Waals surface area contributed by atoms with Crippen LogP contribution in [0.15, 0.2) is 22.7 Å². The second kappa shape index (κ2) is 6.08. The Balaban J connectivity index is 1.80. The Hall–Kier alpha value is 0.01000. The number of hydrogen-bond acceptors (Lipinski definition) is 2. The minimum Gasteiger partial charge on any atom is -0.312 e. The van der Waals surface area contributed by atoms with Crippen LogP contribution in [0.5, 0.6) is 0 Å². The minimum atomic E-state index is 0.884. The first-order chi connectivity index (χ1) is 7.75. The number of nitrogens with one attached hydrogen (secondary N) is 1. The normalized spacial score (nSPS) is 20.2. The second-order valence-corrected chi connectivity index (χ2v) is 6.46. The Labute approximate surface area is 111 Å². The smallest absolute Gasteiger partial charge is 0.0222 e. The molecule has 1 atom stereocenters. The first-order valence-electron chi connectivity index (χ1n) is 5.79. The summed E-state index contributed by atoms with van der Waals surface area (Å²) in [5.41, 5.74) is 2.67. The predicted molar refractivity (Wildman–Crippen MR) is 76.0 cm³/mol. The van der Waals surface area contributed by atoms with Gasteiger partial charge in [0.15, 0.2) is 0 Å². The van der Waals surface area contributed by atoms with E-state index in [4.69, 9.17) is 0 Å². The van der Waals surface area contributed by atoms with Crippen LogP contribution in [0.25, 0.3) is 0 Å². The molecule has 1 aromatic rings. The van der Waals surface area contributed by atoms with Crippen LogP contribution < -0.4 is 5.32 Å². The lowest BCUT2D eigenvalue weighted by Crippen LogP contribution is -2.22. The van der Waals surface area contributed by atoms with Gasteiger partial charge in [-0.2, -0.15) is 11.8 Å². The van der Waals surface area contributed by atoms with Crippen molar-refractivity contribution in [2.24, 2.45) is 5.92 Å². The van der Waals surface area contributed by atoms with Crippen LogP contribution in [0.1, 0.15) is 17.5 Å². The van der Waals surface area contributed by atoms with Gasteiger partial charge in [-0.25, -0.2) is 0 Å². The average Bonchev–Trinajstić information content (AvgIpc) is 2.74. The highest BCUT2D eigenvalue weighted by molar-refractivity contribution is 9.10. The van der Waals surface area contributed by atoms with Crippen LogP contribution in [0.3, 0.4) is 0 Å². The summed E-state index contributed by atoms with van der Waals surface area (Å²) < 4.78 is 1.22. The summed E-state index contributed by atoms with van der Waals surface area (Å²) in [4.78, 5) is 0. The molecule has 1 N–H and O–H groups in total. The Morgan fingerprint density at radius 1 is 1.50 bits per heavy atom. The van der Waals surface area contributed by atoms with Crippen molar-refractivity contribution in [2.45, 2.75) is 19.9 Å². The lowest BCUT2D eigenvalue weighted by atomic mass is 10.1. The van der Waals surface area contributed by atoms with E-state index in [0.717, 1.165) is 19.0 Å². The van der Waals surface area contributed by atoms with Crippen molar-refractivity contribution in [1.82, 2.24) is 5.32 Å². The zero-order chi connectivity index (χ0) is 11.4. The molecule has 0 aromatic heterocycles. The number of thioether (sulfide) groups is 1. The molecule has 3 heteroatoms. The zero-order valence-electron chi connectivity index (χ0n) is 9.63. The Morgan fingerprint density at radius 3 is 3.06 bits per heavy atom. The third-order valence-corrected chi connectivity index (χ3v) is 4.95. The Kier molecular flexibility index (Phi) is 4.74. The maximum absolute atomic E-state index is 3.62. The summed E-state index contributed by atoms with van der Waals surface area (Å²) in [6, 6.07) is 6.56. The fraction of sp³-hybridized carbons (Fsp3) is 0.538. The van der Waals surface area contributed by atoms with Gasteiger partial charge in [-0.05, 0) is 54.5 Å². The van der Waals surface area contributed by atoms with E-state index >= 15 is 0 Å². The number of aryl methyl sites for hydroxylation is 1. The van der Waals surface area contributed by atoms with Gasteiger partial charge in [-0.15, -0.1) is 0 Å². The van der Waals surface area contributed by atoms with Gasteiger partial charge < -0.3 is 5.32 Å². The molecule has 0 aliphatic carbocycles. The highest BCUT2D eigenvalue weighted by atomic mass is 79.9. The number of hydrogen-bond donors (Lipinski definition) is 1. The molecule has 16 heavy (non-hydrogen) atoms. The zero-order valence-corrected chi connectivity index (χ0v) is 12.0. The molecule has 0 amide bonds. The molecular weight excluding hydrogens is 282 g/mol. The Bertz CT molecular complexity index is 348. The van der Waals surface area contributed by atoms with Crippen molar-refractivity contribution in [3.05, 3.63) is 33.8 Å². The SMILES string of the molecule is Cc1ccc(CNCC2CCSC2)c(Br)c1. The Morgan fingerprint density at radius 2 is 2.38 bits per heavy atom. The van der Waals surface area contributed by atoms with E-state index in [1.54, 1.807) is 0 Å². The summed E-state index contributed by atoms with van der Waals surface area (Å²) in [5.74, 6) is 3.57. The van der Waals surface area contributed by atoms with Gasteiger partial charge >= 0.3 is 0 Å². The van der Waals surface area contributed by atoms with Crippen LogP contribution in [0.4, 0.5) is 0 Å². The van der Waals surface area contributed by atoms with E-state index in [1.165, 1.54) is 33.5 Å². The summed E-state index contributed by atoms with van der Waals surface area (Å²) in [6.45, 7) is 4.26. The highest BCUT2D eigenvalue weighted by Gasteiger charge is 2.14. The van der Waals surface area contributed by atoms with Crippen LogP contribution in [-0.2, 0) is 6.54 Å². The van der Waals surface area contributed by atoms with E-state index < -0.39 is 0 Å². The first-order valence-corrected chi connectivity index (χ1v) is 7.74. The van der Waals surface area contributed by atoms with Gasteiger partial charge in [0.05, 0.1) is 0 Å². The predicted octanol–water partition coefficient (Wildman–Crippen LogP) is 3.60. The number of rotatable bonds is 4. The lowest BCUT2D eigenvalue weighted by Gasteiger charge is -2.11. The molecule has 1 nitrogen and oxygen atoms in total. The molecule has 1 heterocycles. The fourth-order valence-corrected chi connectivity index (χ4v) is 3.87. The van der Waals surface area contributed by atoms with E-state index in [2.05, 4.69) is 58.1 Å². The van der Waals surface area contributed by atoms with Gasteiger partial charge in [0.2, 0.25) is 0 Å². The van der Waals surface area contributed by atoms with Crippen LogP contribution in [-0.4, -0.2) is 18.1 Å². The fourth-order valence-electron chi connectivity index (χ4n) is 1.95. The van der Waals surface area contributed by atoms with E-state index in [9.17, 15) is 0 Å². The van der Waals surface area contributed by atoms with Gasteiger partial charge in [0, 0.05) is 11.0 Å². The van der Waals surface area contributed by atoms with Gasteiger partial charge in [-0.3, -0.25) is 0 Å².